The summed E-state index contributed by atoms with van der Waals surface area (Å²) in [6.45, 7) is 0.853. The van der Waals surface area contributed by atoms with Crippen molar-refractivity contribution in [2.24, 2.45) is 0 Å². The summed E-state index contributed by atoms with van der Waals surface area (Å²) in [5.41, 5.74) is 0. The van der Waals surface area contributed by atoms with Gasteiger partial charge in [0.2, 0.25) is 0 Å². The molecule has 49 heavy (non-hydrogen) atoms. The molecule has 0 amide bonds. The van der Waals surface area contributed by atoms with E-state index in [9.17, 15) is 45.2 Å². The largest absolute Gasteiger partial charge is 0.474 e. The van der Waals surface area contributed by atoms with E-state index >= 15 is 0 Å². The lowest BCUT2D eigenvalue weighted by Crippen LogP contribution is -2.64. The smallest absolute Gasteiger partial charge is 0.394 e. The van der Waals surface area contributed by atoms with Crippen LogP contribution in [0.15, 0.2) is 0 Å². The van der Waals surface area contributed by atoms with Gasteiger partial charge in [-0.1, -0.05) is 90.4 Å². The molecule has 2 rings (SSSR count). The Balaban J connectivity index is 1.66. The van der Waals surface area contributed by atoms with Gasteiger partial charge in [0, 0.05) is 13.7 Å². The maximum absolute atomic E-state index is 12.7. The van der Waals surface area contributed by atoms with Crippen molar-refractivity contribution in [2.45, 2.75) is 164 Å². The van der Waals surface area contributed by atoms with Crippen molar-refractivity contribution < 1.29 is 77.9 Å². The van der Waals surface area contributed by atoms with Crippen molar-refractivity contribution in [3.05, 3.63) is 0 Å². The van der Waals surface area contributed by atoms with Crippen LogP contribution in [0.3, 0.4) is 0 Å². The van der Waals surface area contributed by atoms with Crippen LogP contribution in [0.4, 0.5) is 0 Å². The topological polar surface area (TPSA) is 244 Å². The first-order chi connectivity index (χ1) is 23.5. The number of hydrogen-bond donors (Lipinski definition) is 8. The summed E-state index contributed by atoms with van der Waals surface area (Å²) in [4.78, 5) is 10.3. The van der Waals surface area contributed by atoms with E-state index < -0.39 is 95.2 Å². The number of unbranched alkanes of at least 4 members (excludes halogenated alkanes) is 13. The fourth-order valence-corrected chi connectivity index (χ4v) is 6.63. The van der Waals surface area contributed by atoms with Gasteiger partial charge in [-0.05, 0) is 6.42 Å². The molecular weight excluding hydrogens is 671 g/mol. The molecule has 0 bridgehead atoms. The van der Waals surface area contributed by atoms with Crippen LogP contribution in [0, 0.1) is 0 Å². The predicted molar refractivity (Wildman–Crippen MR) is 175 cm³/mol. The van der Waals surface area contributed by atoms with E-state index in [1.165, 1.54) is 77.7 Å². The molecule has 0 spiro atoms. The van der Waals surface area contributed by atoms with Gasteiger partial charge in [0.05, 0.1) is 26.4 Å². The monoisotopic (exact) mass is 734 g/mol. The normalized spacial score (nSPS) is 32.6. The summed E-state index contributed by atoms with van der Waals surface area (Å²) in [6, 6.07) is 0. The van der Waals surface area contributed by atoms with Crippen molar-refractivity contribution in [3.63, 3.8) is 0 Å². The highest BCUT2D eigenvalue weighted by molar-refractivity contribution is 7.47. The minimum absolute atomic E-state index is 0.0970. The summed E-state index contributed by atoms with van der Waals surface area (Å²) >= 11 is 0. The molecule has 12 atom stereocenters. The van der Waals surface area contributed by atoms with Crippen molar-refractivity contribution in [2.75, 3.05) is 40.1 Å². The average Bonchev–Trinajstić information content (AvgIpc) is 3.08. The SMILES string of the molecule is CCCCCCCCCCCCCCCCOCC(COP(=O)(O)O[C@H]1O[C@H](CO)[C@@H](O[C@H]2O[C@H](CO)[C@@H](O)[C@H](O)[C@H]2O)[C@H](O)[C@H]1O)OC. The van der Waals surface area contributed by atoms with Crippen LogP contribution < -0.4 is 0 Å². The predicted octanol–water partition coefficient (Wildman–Crippen LogP) is 1.26. The van der Waals surface area contributed by atoms with Gasteiger partial charge in [0.1, 0.15) is 54.9 Å². The fourth-order valence-electron chi connectivity index (χ4n) is 5.78. The first-order valence-corrected chi connectivity index (χ1v) is 19.3. The number of aliphatic hydroxyl groups is 7. The number of hydrogen-bond acceptors (Lipinski definition) is 15. The molecule has 0 saturated carbocycles. The second-order valence-corrected chi connectivity index (χ2v) is 14.3. The number of ether oxygens (including phenoxy) is 5. The molecule has 2 aliphatic heterocycles. The Bertz CT molecular complexity index is 884. The molecule has 292 valence electrons. The molecular formula is C32H63O16P. The number of rotatable bonds is 27. The van der Waals surface area contributed by atoms with E-state index in [2.05, 4.69) is 6.92 Å². The van der Waals surface area contributed by atoms with Crippen LogP contribution in [-0.2, 0) is 37.3 Å². The molecule has 8 N–H and O–H groups in total. The van der Waals surface area contributed by atoms with Crippen LogP contribution >= 0.6 is 7.82 Å². The van der Waals surface area contributed by atoms with Gasteiger partial charge in [-0.2, -0.15) is 0 Å². The summed E-state index contributed by atoms with van der Waals surface area (Å²) in [6.07, 6.45) is -0.453. The number of phosphoric acid groups is 1. The molecule has 2 unspecified atom stereocenters. The fraction of sp³-hybridized carbons (Fsp3) is 1.00. The molecule has 17 heteroatoms. The van der Waals surface area contributed by atoms with E-state index in [0.29, 0.717) is 6.61 Å². The molecule has 2 heterocycles. The van der Waals surface area contributed by atoms with Crippen LogP contribution in [0.5, 0.6) is 0 Å². The van der Waals surface area contributed by atoms with Crippen LogP contribution in [-0.4, -0.2) is 148 Å². The zero-order chi connectivity index (χ0) is 36.2. The standard InChI is InChI=1S/C32H63O16P/c1-3-4-5-6-7-8-9-10-11-12-13-14-15-16-17-43-20-22(42-2)21-44-49(40,41)48-32-29(39)27(37)30(24(19-34)46-32)47-31-28(38)26(36)25(35)23(18-33)45-31/h22-39H,3-21H2,1-2H3,(H,40,41)/t22?,23-,24-,25-,26+,27-,28-,29-,30-,31-,32-/m1/s1. The number of methoxy groups -OCH3 is 1. The lowest BCUT2D eigenvalue weighted by Gasteiger charge is -2.45. The summed E-state index contributed by atoms with van der Waals surface area (Å²) in [7, 11) is -3.52. The average molecular weight is 735 g/mol. The maximum atomic E-state index is 12.7. The van der Waals surface area contributed by atoms with E-state index in [1.807, 2.05) is 0 Å². The molecule has 2 saturated heterocycles. The van der Waals surface area contributed by atoms with E-state index in [0.717, 1.165) is 19.3 Å². The minimum Gasteiger partial charge on any atom is -0.394 e. The van der Waals surface area contributed by atoms with Gasteiger partial charge in [0.25, 0.3) is 0 Å². The molecule has 2 fully saturated rings. The first kappa shape index (κ1) is 44.8. The van der Waals surface area contributed by atoms with Crippen LogP contribution in [0.25, 0.3) is 0 Å². The van der Waals surface area contributed by atoms with Gasteiger partial charge in [-0.15, -0.1) is 0 Å². The Morgan fingerprint density at radius 3 is 1.69 bits per heavy atom. The third-order valence-corrected chi connectivity index (χ3v) is 9.85. The van der Waals surface area contributed by atoms with E-state index in [-0.39, 0.29) is 6.61 Å². The van der Waals surface area contributed by atoms with E-state index in [1.54, 1.807) is 0 Å². The number of aliphatic hydroxyl groups excluding tert-OH is 7. The van der Waals surface area contributed by atoms with Gasteiger partial charge >= 0.3 is 7.82 Å². The second kappa shape index (κ2) is 24.8. The second-order valence-electron chi connectivity index (χ2n) is 12.9. The third-order valence-electron chi connectivity index (χ3n) is 8.90. The van der Waals surface area contributed by atoms with Crippen molar-refractivity contribution in [1.82, 2.24) is 0 Å². The molecule has 2 aliphatic rings. The van der Waals surface area contributed by atoms with Gasteiger partial charge < -0.3 is 64.3 Å². The molecule has 0 aromatic carbocycles. The van der Waals surface area contributed by atoms with Gasteiger partial charge in [-0.3, -0.25) is 9.05 Å². The minimum atomic E-state index is -4.90. The van der Waals surface area contributed by atoms with E-state index in [4.69, 9.17) is 32.7 Å². The lowest BCUT2D eigenvalue weighted by atomic mass is 9.97. The maximum Gasteiger partial charge on any atom is 0.474 e. The quantitative estimate of drug-likeness (QED) is 0.0437. The first-order valence-electron chi connectivity index (χ1n) is 17.8. The Morgan fingerprint density at radius 2 is 1.16 bits per heavy atom. The van der Waals surface area contributed by atoms with Crippen LogP contribution in [0.2, 0.25) is 0 Å². The van der Waals surface area contributed by atoms with Crippen molar-refractivity contribution >= 4 is 7.82 Å². The van der Waals surface area contributed by atoms with Crippen molar-refractivity contribution in [3.8, 4) is 0 Å². The molecule has 0 aromatic heterocycles. The summed E-state index contributed by atoms with van der Waals surface area (Å²) in [5, 5.41) is 70.7. The highest BCUT2D eigenvalue weighted by Gasteiger charge is 2.52. The molecule has 0 aromatic rings. The zero-order valence-electron chi connectivity index (χ0n) is 29.1. The number of phosphoric ester groups is 1. The Morgan fingerprint density at radius 1 is 0.653 bits per heavy atom. The lowest BCUT2D eigenvalue weighted by molar-refractivity contribution is -0.353. The summed E-state index contributed by atoms with van der Waals surface area (Å²) in [5.74, 6) is 0. The molecule has 0 aliphatic carbocycles. The highest BCUT2D eigenvalue weighted by Crippen LogP contribution is 2.47. The van der Waals surface area contributed by atoms with Crippen molar-refractivity contribution in [1.29, 1.82) is 0 Å². The van der Waals surface area contributed by atoms with Crippen LogP contribution in [0.1, 0.15) is 96.8 Å². The molecule has 0 radical (unpaired) electrons. The zero-order valence-corrected chi connectivity index (χ0v) is 30.0. The summed E-state index contributed by atoms with van der Waals surface area (Å²) < 4.78 is 49.6. The Kier molecular flexibility index (Phi) is 22.7. The highest BCUT2D eigenvalue weighted by atomic mass is 31.2. The molecule has 16 nitrogen and oxygen atoms in total. The van der Waals surface area contributed by atoms with Gasteiger partial charge in [0.15, 0.2) is 12.6 Å². The van der Waals surface area contributed by atoms with Gasteiger partial charge in [-0.25, -0.2) is 4.57 Å². The Hall–Kier alpha value is -0.370. The Labute approximate surface area is 290 Å². The third kappa shape index (κ3) is 16.0.